The summed E-state index contributed by atoms with van der Waals surface area (Å²) in [5.41, 5.74) is 0.830. The number of benzene rings is 1. The van der Waals surface area contributed by atoms with E-state index < -0.39 is 59.7 Å². The van der Waals surface area contributed by atoms with Crippen LogP contribution in [0.3, 0.4) is 0 Å². The highest BCUT2D eigenvalue weighted by molar-refractivity contribution is 5.98. The number of nitrogens with one attached hydrogen (secondary N) is 5. The van der Waals surface area contributed by atoms with E-state index in [2.05, 4.69) is 26.6 Å². The van der Waals surface area contributed by atoms with Crippen molar-refractivity contribution in [2.45, 2.75) is 111 Å². The van der Waals surface area contributed by atoms with Crippen molar-refractivity contribution >= 4 is 29.5 Å². The number of amides is 5. The molecular weight excluding hydrogens is 534 g/mol. The zero-order chi connectivity index (χ0) is 31.6. The summed E-state index contributed by atoms with van der Waals surface area (Å²) in [5, 5.41) is 14.2. The molecule has 0 spiro atoms. The molecule has 0 aliphatic carbocycles. The molecule has 10 heteroatoms. The second-order valence-corrected chi connectivity index (χ2v) is 13.1. The topological polar surface area (TPSA) is 146 Å². The maximum absolute atomic E-state index is 13.7. The van der Waals surface area contributed by atoms with Crippen molar-refractivity contribution in [3.63, 3.8) is 0 Å². The molecule has 5 atom stereocenters. The van der Waals surface area contributed by atoms with Gasteiger partial charge in [-0.3, -0.25) is 24.0 Å². The van der Waals surface area contributed by atoms with E-state index in [-0.39, 0.29) is 30.1 Å². The van der Waals surface area contributed by atoms with Crippen LogP contribution in [-0.4, -0.2) is 59.7 Å². The van der Waals surface area contributed by atoms with Gasteiger partial charge < -0.3 is 26.6 Å². The minimum absolute atomic E-state index is 0.0595. The summed E-state index contributed by atoms with van der Waals surface area (Å²) in [5.74, 6) is -2.57. The Hall–Kier alpha value is -3.43. The van der Waals surface area contributed by atoms with Crippen molar-refractivity contribution in [3.05, 3.63) is 35.9 Å². The van der Waals surface area contributed by atoms with Gasteiger partial charge in [-0.2, -0.15) is 0 Å². The van der Waals surface area contributed by atoms with Gasteiger partial charge in [-0.05, 0) is 48.5 Å². The Morgan fingerprint density at radius 3 is 1.26 bits per heavy atom. The van der Waals surface area contributed by atoms with Crippen LogP contribution in [0.1, 0.15) is 80.2 Å². The molecule has 1 heterocycles. The van der Waals surface area contributed by atoms with Crippen LogP contribution >= 0.6 is 0 Å². The molecule has 42 heavy (non-hydrogen) atoms. The van der Waals surface area contributed by atoms with E-state index in [1.807, 2.05) is 85.7 Å². The Balaban J connectivity index is 2.59. The fourth-order valence-corrected chi connectivity index (χ4v) is 5.04. The van der Waals surface area contributed by atoms with Crippen LogP contribution < -0.4 is 26.6 Å². The van der Waals surface area contributed by atoms with E-state index in [1.54, 1.807) is 0 Å². The first-order valence-corrected chi connectivity index (χ1v) is 15.2. The number of hydrogen-bond acceptors (Lipinski definition) is 5. The minimum Gasteiger partial charge on any atom is -0.343 e. The van der Waals surface area contributed by atoms with Crippen LogP contribution in [0.25, 0.3) is 0 Å². The summed E-state index contributed by atoms with van der Waals surface area (Å²) in [6.07, 6.45) is 1.21. The molecule has 1 aliphatic rings. The van der Waals surface area contributed by atoms with Crippen LogP contribution in [0.2, 0.25) is 0 Å². The van der Waals surface area contributed by atoms with E-state index in [4.69, 9.17) is 0 Å². The van der Waals surface area contributed by atoms with Crippen molar-refractivity contribution in [3.8, 4) is 0 Å². The molecule has 0 radical (unpaired) electrons. The monoisotopic (exact) mass is 585 g/mol. The highest BCUT2D eigenvalue weighted by Gasteiger charge is 2.36. The standard InChI is InChI=1S/C32H51N5O5/c1-18(2)14-23-28(38)34-25(16-20(5)6)31(41)37-27(21(7)8)32(42)36-24(15-19(3)4)29(39)35-26(30(40)33-23)17-22-12-10-9-11-13-22/h9-13,18-21,23-27H,14-17H2,1-8H3,(H,33,40)(H,34,38)(H,35,39)(H,36,42)(H,37,41)/t23-,24+,25-,26+,27-/m0/s1. The van der Waals surface area contributed by atoms with Gasteiger partial charge in [0, 0.05) is 6.42 Å². The van der Waals surface area contributed by atoms with Gasteiger partial charge in [0.1, 0.15) is 30.2 Å². The Labute approximate surface area is 250 Å². The number of carbonyl (C=O) groups is 5. The predicted molar refractivity (Wildman–Crippen MR) is 163 cm³/mol. The first-order valence-electron chi connectivity index (χ1n) is 15.2. The average molecular weight is 586 g/mol. The lowest BCUT2D eigenvalue weighted by Crippen LogP contribution is -2.59. The van der Waals surface area contributed by atoms with Crippen molar-refractivity contribution in [1.29, 1.82) is 0 Å². The lowest BCUT2D eigenvalue weighted by molar-refractivity contribution is -0.135. The van der Waals surface area contributed by atoms with E-state index in [9.17, 15) is 24.0 Å². The smallest absolute Gasteiger partial charge is 0.243 e. The van der Waals surface area contributed by atoms with Crippen molar-refractivity contribution in [2.75, 3.05) is 0 Å². The van der Waals surface area contributed by atoms with Crippen LogP contribution in [0.15, 0.2) is 30.3 Å². The highest BCUT2D eigenvalue weighted by Crippen LogP contribution is 2.14. The van der Waals surface area contributed by atoms with Gasteiger partial charge in [-0.1, -0.05) is 85.7 Å². The lowest BCUT2D eigenvalue weighted by atomic mass is 9.98. The average Bonchev–Trinajstić information content (AvgIpc) is 2.89. The van der Waals surface area contributed by atoms with Gasteiger partial charge in [0.15, 0.2) is 0 Å². The molecule has 0 bridgehead atoms. The van der Waals surface area contributed by atoms with Crippen LogP contribution in [0.5, 0.6) is 0 Å². The van der Waals surface area contributed by atoms with E-state index in [0.717, 1.165) is 5.56 Å². The lowest BCUT2D eigenvalue weighted by Gasteiger charge is -2.28. The van der Waals surface area contributed by atoms with E-state index in [0.29, 0.717) is 19.3 Å². The Kier molecular flexibility index (Phi) is 13.5. The largest absolute Gasteiger partial charge is 0.343 e. The molecule has 5 amide bonds. The number of rotatable bonds is 9. The molecule has 5 N–H and O–H groups in total. The molecule has 10 nitrogen and oxygen atoms in total. The summed E-state index contributed by atoms with van der Waals surface area (Å²) in [7, 11) is 0. The molecule has 1 saturated heterocycles. The zero-order valence-corrected chi connectivity index (χ0v) is 26.5. The maximum atomic E-state index is 13.7. The second kappa shape index (κ2) is 16.3. The molecule has 1 aliphatic heterocycles. The van der Waals surface area contributed by atoms with Crippen LogP contribution in [-0.2, 0) is 30.4 Å². The molecule has 0 unspecified atom stereocenters. The highest BCUT2D eigenvalue weighted by atomic mass is 16.2. The summed E-state index contributed by atoms with van der Waals surface area (Å²) in [4.78, 5) is 68.0. The van der Waals surface area contributed by atoms with Gasteiger partial charge in [0.2, 0.25) is 29.5 Å². The van der Waals surface area contributed by atoms with E-state index >= 15 is 0 Å². The van der Waals surface area contributed by atoms with E-state index in [1.165, 1.54) is 0 Å². The van der Waals surface area contributed by atoms with Gasteiger partial charge >= 0.3 is 0 Å². The molecule has 2 rings (SSSR count). The van der Waals surface area contributed by atoms with Crippen molar-refractivity contribution in [1.82, 2.24) is 26.6 Å². The van der Waals surface area contributed by atoms with Gasteiger partial charge in [-0.25, -0.2) is 0 Å². The van der Waals surface area contributed by atoms with Crippen LogP contribution in [0, 0.1) is 23.7 Å². The van der Waals surface area contributed by atoms with Gasteiger partial charge in [0.25, 0.3) is 0 Å². The predicted octanol–water partition coefficient (Wildman–Crippen LogP) is 2.46. The van der Waals surface area contributed by atoms with Gasteiger partial charge in [0.05, 0.1) is 0 Å². The SMILES string of the molecule is CC(C)C[C@@H]1NC(=O)[C@H](CC(C)C)NC(=O)[C@@H](Cc2ccccc2)NC(=O)[C@@H](CC(C)C)NC(=O)[C@H](C(C)C)NC1=O. The molecule has 1 aromatic carbocycles. The summed E-state index contributed by atoms with van der Waals surface area (Å²) in [6, 6.07) is 4.61. The Morgan fingerprint density at radius 2 is 0.857 bits per heavy atom. The molecule has 0 aromatic heterocycles. The molecule has 1 fully saturated rings. The second-order valence-electron chi connectivity index (χ2n) is 13.1. The fraction of sp³-hybridized carbons (Fsp3) is 0.656. The Bertz CT molecular complexity index is 1070. The minimum atomic E-state index is -0.994. The normalized spacial score (nSPS) is 25.0. The maximum Gasteiger partial charge on any atom is 0.243 e. The first-order chi connectivity index (χ1) is 19.7. The number of carbonyl (C=O) groups excluding carboxylic acids is 5. The van der Waals surface area contributed by atoms with Crippen LogP contribution in [0.4, 0.5) is 0 Å². The van der Waals surface area contributed by atoms with Crippen molar-refractivity contribution < 1.29 is 24.0 Å². The first kappa shape index (κ1) is 34.8. The molecule has 1 aromatic rings. The summed E-state index contributed by atoms with van der Waals surface area (Å²) in [6.45, 7) is 15.3. The van der Waals surface area contributed by atoms with Gasteiger partial charge in [-0.15, -0.1) is 0 Å². The molecule has 0 saturated carbocycles. The third kappa shape index (κ3) is 11.1. The summed E-state index contributed by atoms with van der Waals surface area (Å²) >= 11 is 0. The Morgan fingerprint density at radius 1 is 0.500 bits per heavy atom. The zero-order valence-electron chi connectivity index (χ0n) is 26.5. The third-order valence-electron chi connectivity index (χ3n) is 7.18. The third-order valence-corrected chi connectivity index (χ3v) is 7.18. The molecular formula is C32H51N5O5. The fourth-order valence-electron chi connectivity index (χ4n) is 5.04. The quantitative estimate of drug-likeness (QED) is 0.302. The molecule has 234 valence electrons. The van der Waals surface area contributed by atoms with Crippen molar-refractivity contribution in [2.24, 2.45) is 23.7 Å². The summed E-state index contributed by atoms with van der Waals surface area (Å²) < 4.78 is 0. The number of hydrogen-bond donors (Lipinski definition) is 5.